The first-order chi connectivity index (χ1) is 17.8. The minimum Gasteiger partial charge on any atom is -0.383 e. The van der Waals surface area contributed by atoms with Gasteiger partial charge < -0.3 is 10.6 Å². The molecule has 4 aromatic rings. The number of Topliss-reactive ketones (excluding diaryl/α,β-unsaturated/α-hetero) is 1. The summed E-state index contributed by atoms with van der Waals surface area (Å²) < 4.78 is 1.96. The van der Waals surface area contributed by atoms with Gasteiger partial charge in [-0.2, -0.15) is 5.10 Å². The van der Waals surface area contributed by atoms with Gasteiger partial charge in [-0.1, -0.05) is 41.3 Å². The fraction of sp³-hybridized carbons (Fsp3) is 0.286. The summed E-state index contributed by atoms with van der Waals surface area (Å²) in [5.41, 5.74) is 10.6. The molecule has 2 aromatic heterocycles. The summed E-state index contributed by atoms with van der Waals surface area (Å²) in [6.45, 7) is 3.98. The van der Waals surface area contributed by atoms with E-state index in [-0.39, 0.29) is 18.2 Å². The van der Waals surface area contributed by atoms with Gasteiger partial charge in [0.25, 0.3) is 0 Å². The molecule has 0 spiro atoms. The number of likely N-dealkylation sites (tertiary alicyclic amines) is 1. The first kappa shape index (κ1) is 25.2. The normalized spacial score (nSPS) is 14.5. The molecule has 188 valence electrons. The quantitative estimate of drug-likeness (QED) is 0.290. The number of ketones is 1. The predicted octanol–water partition coefficient (Wildman–Crippen LogP) is 5.12. The van der Waals surface area contributed by atoms with Crippen LogP contribution in [0.5, 0.6) is 0 Å². The number of halogens is 2. The van der Waals surface area contributed by atoms with Crippen LogP contribution in [-0.4, -0.2) is 50.6 Å². The predicted molar refractivity (Wildman–Crippen MR) is 147 cm³/mol. The molecule has 0 unspecified atom stereocenters. The lowest BCUT2D eigenvalue weighted by Crippen LogP contribution is -2.32. The van der Waals surface area contributed by atoms with E-state index < -0.39 is 0 Å². The van der Waals surface area contributed by atoms with Gasteiger partial charge in [-0.25, -0.2) is 14.6 Å². The Hall–Kier alpha value is -3.44. The minimum absolute atomic E-state index is 0.0695. The number of nitrogen functional groups attached to an aromatic ring is 1. The average molecular weight is 533 g/mol. The molecular weight excluding hydrogens is 507 g/mol. The number of carbonyl (C=O) groups is 1. The lowest BCUT2D eigenvalue weighted by Gasteiger charge is -2.29. The third-order valence-electron chi connectivity index (χ3n) is 6.72. The third kappa shape index (κ3) is 5.47. The Morgan fingerprint density at radius 1 is 1.08 bits per heavy atom. The number of carbonyl (C=O) groups excluding carboxylic acids is 1. The number of anilines is 1. The Balaban J connectivity index is 1.46. The summed E-state index contributed by atoms with van der Waals surface area (Å²) in [7, 11) is 2.13. The molecule has 2 N–H and O–H groups in total. The lowest BCUT2D eigenvalue weighted by atomic mass is 9.99. The Kier molecular flexibility index (Phi) is 7.16. The van der Waals surface area contributed by atoms with E-state index in [0.29, 0.717) is 38.2 Å². The van der Waals surface area contributed by atoms with E-state index in [0.717, 1.165) is 42.6 Å². The fourth-order valence-corrected chi connectivity index (χ4v) is 5.15. The number of hydrogen-bond donors (Lipinski definition) is 1. The molecule has 7 nitrogen and oxygen atoms in total. The van der Waals surface area contributed by atoms with Crippen LogP contribution < -0.4 is 5.73 Å². The van der Waals surface area contributed by atoms with Gasteiger partial charge in [0.15, 0.2) is 11.4 Å². The highest BCUT2D eigenvalue weighted by atomic mass is 35.5. The maximum atomic E-state index is 12.9. The molecule has 0 amide bonds. The highest BCUT2D eigenvalue weighted by molar-refractivity contribution is 6.35. The maximum absolute atomic E-state index is 12.9. The number of fused-ring (bicyclic) bond motifs is 1. The molecule has 0 bridgehead atoms. The van der Waals surface area contributed by atoms with Crippen molar-refractivity contribution in [3.8, 4) is 11.8 Å². The Morgan fingerprint density at radius 2 is 1.81 bits per heavy atom. The fourth-order valence-electron chi connectivity index (χ4n) is 4.62. The van der Waals surface area contributed by atoms with E-state index in [1.807, 2.05) is 29.8 Å². The molecule has 0 radical (unpaired) electrons. The van der Waals surface area contributed by atoms with Gasteiger partial charge in [-0.05, 0) is 81.2 Å². The largest absolute Gasteiger partial charge is 0.383 e. The summed E-state index contributed by atoms with van der Waals surface area (Å²) >= 11 is 12.1. The molecule has 37 heavy (non-hydrogen) atoms. The van der Waals surface area contributed by atoms with Gasteiger partial charge in [0.2, 0.25) is 0 Å². The molecule has 1 aliphatic rings. The van der Waals surface area contributed by atoms with Crippen LogP contribution in [0.2, 0.25) is 10.0 Å². The standard InChI is InChI=1S/C28H26Cl2N6O/c1-17-3-4-18(12-25(37)20-13-21(29)15-22(30)14-20)11-19(17)5-6-24-26-27(31)32-16-33-28(26)36(34-24)23-7-9-35(2)10-8-23/h3-4,11,13-16,23H,7-10,12H2,1-2H3,(H2,31,32,33). The first-order valence-corrected chi connectivity index (χ1v) is 12.8. The number of hydrogen-bond acceptors (Lipinski definition) is 6. The van der Waals surface area contributed by atoms with Gasteiger partial charge in [0.1, 0.15) is 17.8 Å². The van der Waals surface area contributed by atoms with E-state index in [2.05, 4.69) is 33.8 Å². The highest BCUT2D eigenvalue weighted by Gasteiger charge is 2.24. The van der Waals surface area contributed by atoms with E-state index >= 15 is 0 Å². The van der Waals surface area contributed by atoms with E-state index in [9.17, 15) is 4.79 Å². The average Bonchev–Trinajstić information content (AvgIpc) is 3.24. The second-order valence-corrected chi connectivity index (χ2v) is 10.3. The Labute approximate surface area is 225 Å². The van der Waals surface area contributed by atoms with Gasteiger partial charge in [-0.3, -0.25) is 4.79 Å². The Bertz CT molecular complexity index is 1540. The molecule has 0 aliphatic carbocycles. The maximum Gasteiger partial charge on any atom is 0.167 e. The molecule has 1 aliphatic heterocycles. The van der Waals surface area contributed by atoms with Gasteiger partial charge in [-0.15, -0.1) is 0 Å². The van der Waals surface area contributed by atoms with Crippen molar-refractivity contribution in [3.05, 3.63) is 80.7 Å². The second kappa shape index (κ2) is 10.5. The number of aryl methyl sites for hydroxylation is 1. The summed E-state index contributed by atoms with van der Waals surface area (Å²) in [5.74, 6) is 6.75. The molecule has 9 heteroatoms. The van der Waals surface area contributed by atoms with E-state index in [1.54, 1.807) is 18.2 Å². The van der Waals surface area contributed by atoms with Crippen molar-refractivity contribution in [2.75, 3.05) is 25.9 Å². The van der Waals surface area contributed by atoms with Crippen molar-refractivity contribution in [3.63, 3.8) is 0 Å². The molecule has 3 heterocycles. The number of aromatic nitrogens is 4. The summed E-state index contributed by atoms with van der Waals surface area (Å²) in [4.78, 5) is 23.8. The highest BCUT2D eigenvalue weighted by Crippen LogP contribution is 2.28. The SMILES string of the molecule is Cc1ccc(CC(=O)c2cc(Cl)cc(Cl)c2)cc1C#Cc1nn(C2CCN(C)CC2)c2ncnc(N)c12. The van der Waals surface area contributed by atoms with Gasteiger partial charge in [0, 0.05) is 27.6 Å². The second-order valence-electron chi connectivity index (χ2n) is 9.44. The molecule has 1 fully saturated rings. The van der Waals surface area contributed by atoms with Crippen LogP contribution in [0.3, 0.4) is 0 Å². The van der Waals surface area contributed by atoms with Crippen LogP contribution in [-0.2, 0) is 6.42 Å². The van der Waals surface area contributed by atoms with Crippen LogP contribution in [0.15, 0.2) is 42.7 Å². The van der Waals surface area contributed by atoms with Crippen LogP contribution in [0.4, 0.5) is 5.82 Å². The van der Waals surface area contributed by atoms with Crippen molar-refractivity contribution < 1.29 is 4.79 Å². The lowest BCUT2D eigenvalue weighted by molar-refractivity contribution is 0.0993. The number of nitrogens with zero attached hydrogens (tertiary/aromatic N) is 5. The molecule has 1 saturated heterocycles. The zero-order valence-electron chi connectivity index (χ0n) is 20.6. The monoisotopic (exact) mass is 532 g/mol. The summed E-state index contributed by atoms with van der Waals surface area (Å²) in [6.07, 6.45) is 3.65. The third-order valence-corrected chi connectivity index (χ3v) is 7.16. The summed E-state index contributed by atoms with van der Waals surface area (Å²) in [6, 6.07) is 10.9. The van der Waals surface area contributed by atoms with E-state index in [4.69, 9.17) is 34.0 Å². The Morgan fingerprint density at radius 3 is 2.54 bits per heavy atom. The smallest absolute Gasteiger partial charge is 0.167 e. The van der Waals surface area contributed by atoms with E-state index in [1.165, 1.54) is 6.33 Å². The summed E-state index contributed by atoms with van der Waals surface area (Å²) in [5, 5.41) is 6.37. The van der Waals surface area contributed by atoms with Crippen LogP contribution >= 0.6 is 23.2 Å². The van der Waals surface area contributed by atoms with Crippen molar-refractivity contribution in [2.24, 2.45) is 0 Å². The number of rotatable bonds is 4. The van der Waals surface area contributed by atoms with Crippen LogP contribution in [0, 0.1) is 18.8 Å². The van der Waals surface area contributed by atoms with Gasteiger partial charge in [0.05, 0.1) is 11.4 Å². The molecule has 2 aromatic carbocycles. The number of nitrogens with two attached hydrogens (primary N) is 1. The zero-order valence-corrected chi connectivity index (χ0v) is 22.1. The van der Waals surface area contributed by atoms with Crippen LogP contribution in [0.25, 0.3) is 11.0 Å². The van der Waals surface area contributed by atoms with Crippen molar-refractivity contribution in [2.45, 2.75) is 32.2 Å². The molecule has 5 rings (SSSR count). The number of benzene rings is 2. The molecule has 0 saturated carbocycles. The van der Waals surface area contributed by atoms with Crippen LogP contribution in [0.1, 0.15) is 51.6 Å². The molecular formula is C28H26Cl2N6O. The van der Waals surface area contributed by atoms with Crippen molar-refractivity contribution >= 4 is 45.8 Å². The first-order valence-electron chi connectivity index (χ1n) is 12.1. The van der Waals surface area contributed by atoms with Crippen molar-refractivity contribution in [1.82, 2.24) is 24.6 Å². The topological polar surface area (TPSA) is 89.9 Å². The van der Waals surface area contributed by atoms with Gasteiger partial charge >= 0.3 is 0 Å². The zero-order chi connectivity index (χ0) is 26.1. The van der Waals surface area contributed by atoms with Crippen molar-refractivity contribution in [1.29, 1.82) is 0 Å². The minimum atomic E-state index is -0.0695. The molecule has 0 atom stereocenters. The number of piperidine rings is 1.